The van der Waals surface area contributed by atoms with Crippen molar-refractivity contribution in [1.29, 1.82) is 0 Å². The van der Waals surface area contributed by atoms with E-state index in [2.05, 4.69) is 18.8 Å². The average molecular weight is 198 g/mol. The molecule has 0 spiro atoms. The first-order chi connectivity index (χ1) is 6.20. The second-order valence-corrected chi connectivity index (χ2v) is 4.56. The van der Waals surface area contributed by atoms with E-state index in [4.69, 9.17) is 5.73 Å². The van der Waals surface area contributed by atoms with Gasteiger partial charge in [-0.15, -0.1) is 11.3 Å². The number of nitrogens with two attached hydrogens (primary N) is 1. The summed E-state index contributed by atoms with van der Waals surface area (Å²) >= 11 is 1.62. The molecule has 1 aromatic heterocycles. The molecule has 0 amide bonds. The van der Waals surface area contributed by atoms with Crippen LogP contribution in [-0.2, 0) is 0 Å². The molecule has 1 unspecified atom stereocenters. The van der Waals surface area contributed by atoms with E-state index in [1.807, 2.05) is 10.9 Å². The summed E-state index contributed by atoms with van der Waals surface area (Å²) in [6, 6.07) is 0.144. The second-order valence-electron chi connectivity index (χ2n) is 3.84. The Morgan fingerprint density at radius 2 is 2.23 bits per heavy atom. The number of hydrogen-bond acceptors (Lipinski definition) is 3. The zero-order chi connectivity index (χ0) is 9.68. The second kappa shape index (κ2) is 5.35. The van der Waals surface area contributed by atoms with Crippen LogP contribution in [0.15, 0.2) is 10.9 Å². The van der Waals surface area contributed by atoms with E-state index in [0.717, 1.165) is 18.0 Å². The molecule has 13 heavy (non-hydrogen) atoms. The van der Waals surface area contributed by atoms with Gasteiger partial charge in [-0.25, -0.2) is 4.98 Å². The molecular formula is C10H18N2S. The lowest BCUT2D eigenvalue weighted by Crippen LogP contribution is -2.10. The van der Waals surface area contributed by atoms with Crippen LogP contribution in [0.25, 0.3) is 0 Å². The average Bonchev–Trinajstić information content (AvgIpc) is 2.55. The highest BCUT2D eigenvalue weighted by atomic mass is 32.1. The van der Waals surface area contributed by atoms with Gasteiger partial charge < -0.3 is 5.73 Å². The van der Waals surface area contributed by atoms with Crippen molar-refractivity contribution in [2.24, 2.45) is 11.7 Å². The molecule has 0 aromatic carbocycles. The Kier molecular flexibility index (Phi) is 4.39. The van der Waals surface area contributed by atoms with E-state index in [9.17, 15) is 0 Å². The fourth-order valence-corrected chi connectivity index (χ4v) is 1.92. The van der Waals surface area contributed by atoms with Crippen molar-refractivity contribution in [1.82, 2.24) is 4.98 Å². The van der Waals surface area contributed by atoms with E-state index in [1.165, 1.54) is 12.8 Å². The van der Waals surface area contributed by atoms with Crippen LogP contribution in [0, 0.1) is 5.92 Å². The van der Waals surface area contributed by atoms with Gasteiger partial charge in [0, 0.05) is 11.4 Å². The van der Waals surface area contributed by atoms with Crippen molar-refractivity contribution < 1.29 is 0 Å². The normalized spacial score (nSPS) is 13.5. The first-order valence-electron chi connectivity index (χ1n) is 4.84. The van der Waals surface area contributed by atoms with Crippen LogP contribution in [0.2, 0.25) is 0 Å². The highest BCUT2D eigenvalue weighted by Crippen LogP contribution is 2.17. The maximum absolute atomic E-state index is 5.97. The maximum Gasteiger partial charge on any atom is 0.0795 e. The van der Waals surface area contributed by atoms with Crippen molar-refractivity contribution in [3.05, 3.63) is 16.6 Å². The summed E-state index contributed by atoms with van der Waals surface area (Å²) in [5.41, 5.74) is 8.86. The van der Waals surface area contributed by atoms with Gasteiger partial charge in [-0.2, -0.15) is 0 Å². The smallest absolute Gasteiger partial charge is 0.0795 e. The van der Waals surface area contributed by atoms with Crippen LogP contribution in [0.1, 0.15) is 44.8 Å². The summed E-state index contributed by atoms with van der Waals surface area (Å²) in [4.78, 5) is 4.21. The molecule has 1 rings (SSSR count). The summed E-state index contributed by atoms with van der Waals surface area (Å²) in [6.07, 6.45) is 3.52. The van der Waals surface area contributed by atoms with Gasteiger partial charge in [-0.05, 0) is 12.3 Å². The third-order valence-corrected chi connectivity index (χ3v) is 2.73. The zero-order valence-corrected chi connectivity index (χ0v) is 9.18. The van der Waals surface area contributed by atoms with Crippen LogP contribution in [0.3, 0.4) is 0 Å². The lowest BCUT2D eigenvalue weighted by atomic mass is 10.0. The number of rotatable bonds is 5. The van der Waals surface area contributed by atoms with E-state index in [-0.39, 0.29) is 6.04 Å². The number of thiazole rings is 1. The third kappa shape index (κ3) is 3.87. The Bertz CT molecular complexity index is 219. The fourth-order valence-electron chi connectivity index (χ4n) is 1.30. The first kappa shape index (κ1) is 10.7. The quantitative estimate of drug-likeness (QED) is 0.790. The fraction of sp³-hybridized carbons (Fsp3) is 0.700. The van der Waals surface area contributed by atoms with E-state index in [0.29, 0.717) is 0 Å². The summed E-state index contributed by atoms with van der Waals surface area (Å²) in [5.74, 6) is 0.780. The SMILES string of the molecule is CC(C)CCCC(N)c1cscn1. The minimum Gasteiger partial charge on any atom is -0.323 e. The monoisotopic (exact) mass is 198 g/mol. The third-order valence-electron chi connectivity index (χ3n) is 2.13. The topological polar surface area (TPSA) is 38.9 Å². The standard InChI is InChI=1S/C10H18N2S/c1-8(2)4-3-5-9(11)10-6-13-7-12-10/h6-9H,3-5,11H2,1-2H3. The predicted octanol–water partition coefficient (Wildman–Crippen LogP) is 2.97. The van der Waals surface area contributed by atoms with Crippen LogP contribution in [0.5, 0.6) is 0 Å². The van der Waals surface area contributed by atoms with Gasteiger partial charge in [0.25, 0.3) is 0 Å². The Labute approximate surface area is 84.2 Å². The molecule has 2 N–H and O–H groups in total. The van der Waals surface area contributed by atoms with Crippen LogP contribution in [0.4, 0.5) is 0 Å². The molecule has 0 aliphatic rings. The molecule has 1 atom stereocenters. The molecule has 2 nitrogen and oxygen atoms in total. The van der Waals surface area contributed by atoms with E-state index >= 15 is 0 Å². The molecule has 1 heterocycles. The minimum absolute atomic E-state index is 0.144. The van der Waals surface area contributed by atoms with Crippen LogP contribution in [-0.4, -0.2) is 4.98 Å². The van der Waals surface area contributed by atoms with Gasteiger partial charge in [0.15, 0.2) is 0 Å². The highest BCUT2D eigenvalue weighted by molar-refractivity contribution is 7.07. The van der Waals surface area contributed by atoms with Crippen molar-refractivity contribution in [2.75, 3.05) is 0 Å². The van der Waals surface area contributed by atoms with E-state index in [1.54, 1.807) is 11.3 Å². The molecule has 0 aliphatic carbocycles. The number of aromatic nitrogens is 1. The lowest BCUT2D eigenvalue weighted by molar-refractivity contribution is 0.502. The Hall–Kier alpha value is -0.410. The summed E-state index contributed by atoms with van der Waals surface area (Å²) in [6.45, 7) is 4.49. The van der Waals surface area contributed by atoms with Crippen molar-refractivity contribution >= 4 is 11.3 Å². The Morgan fingerprint density at radius 1 is 1.46 bits per heavy atom. The van der Waals surface area contributed by atoms with Crippen LogP contribution < -0.4 is 5.73 Å². The summed E-state index contributed by atoms with van der Waals surface area (Å²) < 4.78 is 0. The largest absolute Gasteiger partial charge is 0.323 e. The molecule has 3 heteroatoms. The minimum atomic E-state index is 0.144. The maximum atomic E-state index is 5.97. The van der Waals surface area contributed by atoms with Crippen molar-refractivity contribution in [3.63, 3.8) is 0 Å². The zero-order valence-electron chi connectivity index (χ0n) is 8.36. The van der Waals surface area contributed by atoms with Gasteiger partial charge in [0.1, 0.15) is 0 Å². The first-order valence-corrected chi connectivity index (χ1v) is 5.78. The highest BCUT2D eigenvalue weighted by Gasteiger charge is 2.07. The van der Waals surface area contributed by atoms with Gasteiger partial charge in [0.2, 0.25) is 0 Å². The molecule has 0 saturated carbocycles. The van der Waals surface area contributed by atoms with E-state index < -0.39 is 0 Å². The van der Waals surface area contributed by atoms with Crippen molar-refractivity contribution in [3.8, 4) is 0 Å². The molecule has 0 saturated heterocycles. The number of hydrogen-bond donors (Lipinski definition) is 1. The van der Waals surface area contributed by atoms with Gasteiger partial charge in [-0.3, -0.25) is 0 Å². The van der Waals surface area contributed by atoms with Gasteiger partial charge >= 0.3 is 0 Å². The van der Waals surface area contributed by atoms with Crippen molar-refractivity contribution in [2.45, 2.75) is 39.2 Å². The van der Waals surface area contributed by atoms with Crippen LogP contribution >= 0.6 is 11.3 Å². The molecule has 0 bridgehead atoms. The van der Waals surface area contributed by atoms with Gasteiger partial charge in [-0.1, -0.05) is 26.7 Å². The molecule has 0 fully saturated rings. The lowest BCUT2D eigenvalue weighted by Gasteiger charge is -2.09. The molecule has 74 valence electrons. The molecule has 0 radical (unpaired) electrons. The molecule has 1 aromatic rings. The predicted molar refractivity (Wildman–Crippen MR) is 57.7 cm³/mol. The Morgan fingerprint density at radius 3 is 2.77 bits per heavy atom. The summed E-state index contributed by atoms with van der Waals surface area (Å²) in [5, 5.41) is 2.04. The van der Waals surface area contributed by atoms with Gasteiger partial charge in [0.05, 0.1) is 11.2 Å². The number of nitrogens with zero attached hydrogens (tertiary/aromatic N) is 1. The molecular weight excluding hydrogens is 180 g/mol. The Balaban J connectivity index is 2.22. The molecule has 0 aliphatic heterocycles. The summed E-state index contributed by atoms with van der Waals surface area (Å²) in [7, 11) is 0.